The van der Waals surface area contributed by atoms with Crippen molar-refractivity contribution in [2.45, 2.75) is 64.1 Å². The molecule has 0 spiro atoms. The fourth-order valence-corrected chi connectivity index (χ4v) is 2.95. The summed E-state index contributed by atoms with van der Waals surface area (Å²) in [7, 11) is 0. The second-order valence-electron chi connectivity index (χ2n) is 5.40. The third-order valence-corrected chi connectivity index (χ3v) is 3.99. The van der Waals surface area contributed by atoms with Gasteiger partial charge in [-0.2, -0.15) is 0 Å². The first-order valence-corrected chi connectivity index (χ1v) is 7.45. The lowest BCUT2D eigenvalue weighted by molar-refractivity contribution is -0.129. The Morgan fingerprint density at radius 2 is 2.11 bits per heavy atom. The summed E-state index contributed by atoms with van der Waals surface area (Å²) in [6.45, 7) is 4.08. The fourth-order valence-electron chi connectivity index (χ4n) is 2.95. The summed E-state index contributed by atoms with van der Waals surface area (Å²) in [5.74, 6) is 0.223. The molecule has 18 heavy (non-hydrogen) atoms. The van der Waals surface area contributed by atoms with Crippen LogP contribution >= 0.6 is 0 Å². The van der Waals surface area contributed by atoms with Crippen LogP contribution < -0.4 is 5.32 Å². The average molecular weight is 254 g/mol. The molecule has 2 fully saturated rings. The molecule has 0 aromatic carbocycles. The van der Waals surface area contributed by atoms with Crippen LogP contribution in [0.15, 0.2) is 0 Å². The van der Waals surface area contributed by atoms with Crippen LogP contribution in [0.4, 0.5) is 0 Å². The van der Waals surface area contributed by atoms with Crippen LogP contribution in [0, 0.1) is 0 Å². The highest BCUT2D eigenvalue weighted by atomic mass is 16.5. The minimum atomic E-state index is 0.223. The van der Waals surface area contributed by atoms with Crippen molar-refractivity contribution in [2.75, 3.05) is 19.7 Å². The van der Waals surface area contributed by atoms with Gasteiger partial charge in [-0.05, 0) is 19.3 Å². The summed E-state index contributed by atoms with van der Waals surface area (Å²) >= 11 is 0. The normalized spacial score (nSPS) is 25.9. The van der Waals surface area contributed by atoms with Gasteiger partial charge in [0.25, 0.3) is 0 Å². The number of carbonyl (C=O) groups excluding carboxylic acids is 1. The molecule has 0 bridgehead atoms. The van der Waals surface area contributed by atoms with E-state index < -0.39 is 0 Å². The van der Waals surface area contributed by atoms with E-state index in [1.807, 2.05) is 4.90 Å². The lowest BCUT2D eigenvalue weighted by atomic mass is 9.98. The minimum Gasteiger partial charge on any atom is -0.376 e. The second-order valence-corrected chi connectivity index (χ2v) is 5.40. The van der Waals surface area contributed by atoms with Crippen molar-refractivity contribution in [3.05, 3.63) is 0 Å². The highest BCUT2D eigenvalue weighted by Gasteiger charge is 2.29. The van der Waals surface area contributed by atoms with Crippen LogP contribution in [-0.2, 0) is 9.53 Å². The van der Waals surface area contributed by atoms with E-state index in [1.165, 1.54) is 32.1 Å². The molecule has 2 rings (SSSR count). The summed E-state index contributed by atoms with van der Waals surface area (Å²) in [5.41, 5.74) is 0. The number of hydrogen-bond donors (Lipinski definition) is 1. The molecular formula is C14H26N2O2. The summed E-state index contributed by atoms with van der Waals surface area (Å²) in [6.07, 6.45) is 9.16. The van der Waals surface area contributed by atoms with E-state index in [-0.39, 0.29) is 12.1 Å². The molecule has 1 N–H and O–H groups in total. The molecule has 1 saturated heterocycles. The predicted molar refractivity (Wildman–Crippen MR) is 71.2 cm³/mol. The SMILES string of the molecule is CCCC1NCC(=O)N1CCOC1CCCCC1. The average Bonchev–Trinajstić information content (AvgIpc) is 2.73. The van der Waals surface area contributed by atoms with Gasteiger partial charge in [0.1, 0.15) is 0 Å². The first kappa shape index (κ1) is 13.8. The molecule has 1 atom stereocenters. The molecule has 104 valence electrons. The number of carbonyl (C=O) groups is 1. The number of hydrogen-bond acceptors (Lipinski definition) is 3. The van der Waals surface area contributed by atoms with Crippen molar-refractivity contribution in [1.29, 1.82) is 0 Å². The molecule has 2 aliphatic rings. The molecule has 1 amide bonds. The largest absolute Gasteiger partial charge is 0.376 e. The molecule has 0 aromatic rings. The summed E-state index contributed by atoms with van der Waals surface area (Å²) in [6, 6.07) is 0. The Balaban J connectivity index is 1.69. The maximum absolute atomic E-state index is 11.7. The number of rotatable bonds is 6. The number of nitrogens with one attached hydrogen (secondary N) is 1. The van der Waals surface area contributed by atoms with E-state index in [1.54, 1.807) is 0 Å². The summed E-state index contributed by atoms with van der Waals surface area (Å²) < 4.78 is 5.90. The van der Waals surface area contributed by atoms with Gasteiger partial charge >= 0.3 is 0 Å². The maximum atomic E-state index is 11.7. The molecule has 4 heteroatoms. The van der Waals surface area contributed by atoms with Crippen molar-refractivity contribution >= 4 is 5.91 Å². The molecular weight excluding hydrogens is 228 g/mol. The van der Waals surface area contributed by atoms with Crippen LogP contribution in [0.2, 0.25) is 0 Å². The van der Waals surface area contributed by atoms with Gasteiger partial charge in [0.15, 0.2) is 0 Å². The smallest absolute Gasteiger partial charge is 0.237 e. The van der Waals surface area contributed by atoms with Crippen LogP contribution in [0.25, 0.3) is 0 Å². The van der Waals surface area contributed by atoms with Crippen molar-refractivity contribution in [3.8, 4) is 0 Å². The zero-order valence-electron chi connectivity index (χ0n) is 11.5. The number of amides is 1. The van der Waals surface area contributed by atoms with E-state index in [9.17, 15) is 4.79 Å². The minimum absolute atomic E-state index is 0.223. The van der Waals surface area contributed by atoms with Crippen LogP contribution in [0.5, 0.6) is 0 Å². The number of nitrogens with zero attached hydrogens (tertiary/aromatic N) is 1. The highest BCUT2D eigenvalue weighted by molar-refractivity contribution is 5.80. The summed E-state index contributed by atoms with van der Waals surface area (Å²) in [5, 5.41) is 3.27. The second kappa shape index (κ2) is 7.10. The van der Waals surface area contributed by atoms with Gasteiger partial charge in [-0.3, -0.25) is 10.1 Å². The zero-order valence-corrected chi connectivity index (χ0v) is 11.5. The van der Waals surface area contributed by atoms with Gasteiger partial charge in [0.2, 0.25) is 5.91 Å². The molecule has 1 heterocycles. The standard InChI is InChI=1S/C14H26N2O2/c1-2-6-13-15-11-14(17)16(13)9-10-18-12-7-4-3-5-8-12/h12-13,15H,2-11H2,1H3. The van der Waals surface area contributed by atoms with Crippen LogP contribution in [0.1, 0.15) is 51.9 Å². The molecule has 1 saturated carbocycles. The Hall–Kier alpha value is -0.610. The quantitative estimate of drug-likeness (QED) is 0.787. The molecule has 1 aliphatic heterocycles. The zero-order chi connectivity index (χ0) is 12.8. The topological polar surface area (TPSA) is 41.6 Å². The molecule has 0 aromatic heterocycles. The van der Waals surface area contributed by atoms with Crippen molar-refractivity contribution in [2.24, 2.45) is 0 Å². The Morgan fingerprint density at radius 1 is 1.33 bits per heavy atom. The van der Waals surface area contributed by atoms with Gasteiger partial charge in [-0.15, -0.1) is 0 Å². The monoisotopic (exact) mass is 254 g/mol. The molecule has 1 unspecified atom stereocenters. The molecule has 4 nitrogen and oxygen atoms in total. The Labute approximate surface area is 110 Å². The number of ether oxygens (including phenoxy) is 1. The van der Waals surface area contributed by atoms with E-state index in [4.69, 9.17) is 4.74 Å². The van der Waals surface area contributed by atoms with Gasteiger partial charge in [-0.25, -0.2) is 0 Å². The highest BCUT2D eigenvalue weighted by Crippen LogP contribution is 2.20. The third kappa shape index (κ3) is 3.69. The first-order chi connectivity index (χ1) is 8.81. The Bertz CT molecular complexity index is 265. The molecule has 1 aliphatic carbocycles. The lowest BCUT2D eigenvalue weighted by Crippen LogP contribution is -2.39. The van der Waals surface area contributed by atoms with Gasteiger partial charge in [0, 0.05) is 6.54 Å². The van der Waals surface area contributed by atoms with Crippen LogP contribution in [0.3, 0.4) is 0 Å². The van der Waals surface area contributed by atoms with Crippen LogP contribution in [-0.4, -0.2) is 42.8 Å². The van der Waals surface area contributed by atoms with Gasteiger partial charge in [-0.1, -0.05) is 32.6 Å². The van der Waals surface area contributed by atoms with E-state index in [0.29, 0.717) is 19.3 Å². The van der Waals surface area contributed by atoms with E-state index in [0.717, 1.165) is 19.4 Å². The Kier molecular flexibility index (Phi) is 5.45. The van der Waals surface area contributed by atoms with E-state index in [2.05, 4.69) is 12.2 Å². The van der Waals surface area contributed by atoms with Crippen molar-refractivity contribution in [1.82, 2.24) is 10.2 Å². The van der Waals surface area contributed by atoms with Crippen molar-refractivity contribution in [3.63, 3.8) is 0 Å². The maximum Gasteiger partial charge on any atom is 0.237 e. The first-order valence-electron chi connectivity index (χ1n) is 7.45. The Morgan fingerprint density at radius 3 is 2.83 bits per heavy atom. The fraction of sp³-hybridized carbons (Fsp3) is 0.929. The molecule has 0 radical (unpaired) electrons. The van der Waals surface area contributed by atoms with Gasteiger partial charge < -0.3 is 9.64 Å². The van der Waals surface area contributed by atoms with Gasteiger partial charge in [0.05, 0.1) is 25.4 Å². The summed E-state index contributed by atoms with van der Waals surface area (Å²) in [4.78, 5) is 13.7. The predicted octanol–water partition coefficient (Wildman–Crippen LogP) is 1.89. The van der Waals surface area contributed by atoms with Crippen molar-refractivity contribution < 1.29 is 9.53 Å². The lowest BCUT2D eigenvalue weighted by Gasteiger charge is -2.26. The third-order valence-electron chi connectivity index (χ3n) is 3.99. The van der Waals surface area contributed by atoms with E-state index >= 15 is 0 Å².